The van der Waals surface area contributed by atoms with Crippen LogP contribution in [0.25, 0.3) is 11.2 Å². The third-order valence-electron chi connectivity index (χ3n) is 3.69. The fraction of sp³-hybridized carbons (Fsp3) is 0.353. The molecule has 7 nitrogen and oxygen atoms in total. The van der Waals surface area contributed by atoms with E-state index < -0.39 is 0 Å². The highest BCUT2D eigenvalue weighted by Crippen LogP contribution is 2.29. The highest BCUT2D eigenvalue weighted by molar-refractivity contribution is 8.00. The fourth-order valence-electron chi connectivity index (χ4n) is 2.39. The molecule has 0 N–H and O–H groups in total. The van der Waals surface area contributed by atoms with Crippen molar-refractivity contribution in [3.05, 3.63) is 41.2 Å². The Labute approximate surface area is 160 Å². The minimum atomic E-state index is -0.338. The van der Waals surface area contributed by atoms with Gasteiger partial charge in [0.05, 0.1) is 13.2 Å². The molecule has 0 spiro atoms. The van der Waals surface area contributed by atoms with Crippen LogP contribution in [0.2, 0.25) is 5.02 Å². The average Bonchev–Trinajstić information content (AvgIpc) is 3.05. The number of carbonyl (C=O) groups excluding carboxylic acids is 1. The van der Waals surface area contributed by atoms with Gasteiger partial charge in [0.25, 0.3) is 0 Å². The standard InChI is InChI=1S/C17H18ClN5O2S/c1-3-13(17(24)25-4-2)26-16-14-15(19-10-20-16)23(22-21-14)9-11-5-7-12(18)8-6-11/h5-8,10,13H,3-4,9H2,1-2H3/t13-/m0/s1. The first-order valence-electron chi connectivity index (χ1n) is 8.24. The van der Waals surface area contributed by atoms with E-state index in [2.05, 4.69) is 20.3 Å². The number of benzene rings is 1. The zero-order valence-electron chi connectivity index (χ0n) is 14.4. The summed E-state index contributed by atoms with van der Waals surface area (Å²) in [4.78, 5) is 20.6. The molecular formula is C17H18ClN5O2S. The lowest BCUT2D eigenvalue weighted by Crippen LogP contribution is -2.19. The van der Waals surface area contributed by atoms with Crippen LogP contribution in [0.15, 0.2) is 35.6 Å². The maximum atomic E-state index is 12.1. The molecule has 0 bridgehead atoms. The molecule has 0 saturated heterocycles. The number of halogens is 1. The summed E-state index contributed by atoms with van der Waals surface area (Å²) in [6.07, 6.45) is 2.10. The Morgan fingerprint density at radius 1 is 1.27 bits per heavy atom. The third kappa shape index (κ3) is 4.13. The van der Waals surface area contributed by atoms with Gasteiger partial charge < -0.3 is 4.74 Å². The molecule has 0 fully saturated rings. The summed E-state index contributed by atoms with van der Waals surface area (Å²) < 4.78 is 6.82. The Kier molecular flexibility index (Phi) is 6.05. The first-order chi connectivity index (χ1) is 12.6. The van der Waals surface area contributed by atoms with E-state index in [1.807, 2.05) is 31.2 Å². The number of hydrogen-bond donors (Lipinski definition) is 0. The highest BCUT2D eigenvalue weighted by atomic mass is 35.5. The van der Waals surface area contributed by atoms with Crippen molar-refractivity contribution in [1.29, 1.82) is 0 Å². The number of esters is 1. The van der Waals surface area contributed by atoms with Gasteiger partial charge >= 0.3 is 5.97 Å². The predicted octanol–water partition coefficient (Wildman–Crippen LogP) is 3.36. The van der Waals surface area contributed by atoms with Crippen molar-refractivity contribution in [2.24, 2.45) is 0 Å². The minimum absolute atomic E-state index is 0.250. The third-order valence-corrected chi connectivity index (χ3v) is 5.27. The van der Waals surface area contributed by atoms with E-state index in [1.165, 1.54) is 18.1 Å². The van der Waals surface area contributed by atoms with Crippen LogP contribution >= 0.6 is 23.4 Å². The SMILES string of the molecule is CCOC(=O)[C@H](CC)Sc1ncnc2c1nnn2Cc1ccc(Cl)cc1. The second kappa shape index (κ2) is 8.46. The summed E-state index contributed by atoms with van der Waals surface area (Å²) in [5.41, 5.74) is 2.23. The van der Waals surface area contributed by atoms with Crippen molar-refractivity contribution in [3.63, 3.8) is 0 Å². The van der Waals surface area contributed by atoms with E-state index in [-0.39, 0.29) is 11.2 Å². The van der Waals surface area contributed by atoms with Crippen molar-refractivity contribution in [3.8, 4) is 0 Å². The van der Waals surface area contributed by atoms with Crippen molar-refractivity contribution in [2.75, 3.05) is 6.61 Å². The number of ether oxygens (including phenoxy) is 1. The predicted molar refractivity (Wildman–Crippen MR) is 100 cm³/mol. The van der Waals surface area contributed by atoms with E-state index in [9.17, 15) is 4.79 Å². The molecule has 0 unspecified atom stereocenters. The summed E-state index contributed by atoms with van der Waals surface area (Å²) in [6, 6.07) is 7.52. The van der Waals surface area contributed by atoms with Gasteiger partial charge in [0, 0.05) is 5.02 Å². The first-order valence-corrected chi connectivity index (χ1v) is 9.50. The number of fused-ring (bicyclic) bond motifs is 1. The molecule has 26 heavy (non-hydrogen) atoms. The molecule has 0 amide bonds. The molecule has 1 aromatic carbocycles. The number of thioether (sulfide) groups is 1. The number of carbonyl (C=O) groups is 1. The summed E-state index contributed by atoms with van der Waals surface area (Å²) in [5.74, 6) is -0.250. The summed E-state index contributed by atoms with van der Waals surface area (Å²) in [5, 5.41) is 9.37. The topological polar surface area (TPSA) is 82.8 Å². The highest BCUT2D eigenvalue weighted by Gasteiger charge is 2.22. The average molecular weight is 392 g/mol. The summed E-state index contributed by atoms with van der Waals surface area (Å²) >= 11 is 7.25. The Balaban J connectivity index is 1.86. The fourth-order valence-corrected chi connectivity index (χ4v) is 3.47. The molecule has 1 atom stereocenters. The molecule has 0 aliphatic heterocycles. The Morgan fingerprint density at radius 2 is 2.04 bits per heavy atom. The van der Waals surface area contributed by atoms with Crippen LogP contribution in [-0.4, -0.2) is 42.8 Å². The normalized spacial score (nSPS) is 12.3. The van der Waals surface area contributed by atoms with E-state index in [0.717, 1.165) is 5.56 Å². The van der Waals surface area contributed by atoms with Gasteiger partial charge in [-0.1, -0.05) is 47.6 Å². The van der Waals surface area contributed by atoms with Crippen molar-refractivity contribution in [1.82, 2.24) is 25.0 Å². The molecule has 0 radical (unpaired) electrons. The molecule has 2 heterocycles. The quantitative estimate of drug-likeness (QED) is 0.347. The smallest absolute Gasteiger partial charge is 0.319 e. The summed E-state index contributed by atoms with van der Waals surface area (Å²) in [7, 11) is 0. The van der Waals surface area contributed by atoms with Gasteiger partial charge in [0.15, 0.2) is 11.2 Å². The molecule has 0 aliphatic carbocycles. The minimum Gasteiger partial charge on any atom is -0.465 e. The number of aromatic nitrogens is 5. The van der Waals surface area contributed by atoms with Crippen LogP contribution in [0, 0.1) is 0 Å². The van der Waals surface area contributed by atoms with E-state index in [4.69, 9.17) is 16.3 Å². The number of hydrogen-bond acceptors (Lipinski definition) is 7. The van der Waals surface area contributed by atoms with E-state index in [0.29, 0.717) is 40.8 Å². The van der Waals surface area contributed by atoms with Gasteiger partial charge in [-0.05, 0) is 31.0 Å². The summed E-state index contributed by atoms with van der Waals surface area (Å²) in [6.45, 7) is 4.60. The maximum absolute atomic E-state index is 12.1. The molecule has 0 aliphatic rings. The van der Waals surface area contributed by atoms with Gasteiger partial charge in [-0.3, -0.25) is 4.79 Å². The van der Waals surface area contributed by atoms with Crippen LogP contribution in [0.3, 0.4) is 0 Å². The van der Waals surface area contributed by atoms with Crippen LogP contribution in [0.1, 0.15) is 25.8 Å². The molecule has 9 heteroatoms. The first kappa shape index (κ1) is 18.6. The zero-order valence-corrected chi connectivity index (χ0v) is 16.0. The van der Waals surface area contributed by atoms with E-state index in [1.54, 1.807) is 11.6 Å². The van der Waals surface area contributed by atoms with E-state index >= 15 is 0 Å². The molecule has 2 aromatic heterocycles. The largest absolute Gasteiger partial charge is 0.465 e. The van der Waals surface area contributed by atoms with Crippen LogP contribution in [0.4, 0.5) is 0 Å². The van der Waals surface area contributed by atoms with Crippen molar-refractivity contribution < 1.29 is 9.53 Å². The molecule has 0 saturated carbocycles. The molecular weight excluding hydrogens is 374 g/mol. The number of nitrogens with zero attached hydrogens (tertiary/aromatic N) is 5. The maximum Gasteiger partial charge on any atom is 0.319 e. The number of rotatable bonds is 7. The van der Waals surface area contributed by atoms with Crippen LogP contribution in [-0.2, 0) is 16.1 Å². The van der Waals surface area contributed by atoms with Gasteiger partial charge in [0.2, 0.25) is 0 Å². The Hall–Kier alpha value is -2.19. The van der Waals surface area contributed by atoms with Gasteiger partial charge in [-0.25, -0.2) is 14.6 Å². The van der Waals surface area contributed by atoms with Crippen LogP contribution in [0.5, 0.6) is 0 Å². The Morgan fingerprint density at radius 3 is 2.73 bits per heavy atom. The molecule has 3 aromatic rings. The Bertz CT molecular complexity index is 900. The van der Waals surface area contributed by atoms with Gasteiger partial charge in [-0.2, -0.15) is 0 Å². The lowest BCUT2D eigenvalue weighted by molar-refractivity contribution is -0.142. The zero-order chi connectivity index (χ0) is 18.5. The monoisotopic (exact) mass is 391 g/mol. The van der Waals surface area contributed by atoms with Gasteiger partial charge in [-0.15, -0.1) is 5.10 Å². The lowest BCUT2D eigenvalue weighted by atomic mass is 10.2. The van der Waals surface area contributed by atoms with Crippen molar-refractivity contribution >= 4 is 40.5 Å². The molecule has 136 valence electrons. The van der Waals surface area contributed by atoms with Crippen LogP contribution < -0.4 is 0 Å². The second-order valence-corrected chi connectivity index (χ2v) is 7.12. The lowest BCUT2D eigenvalue weighted by Gasteiger charge is -2.12. The van der Waals surface area contributed by atoms with Crippen molar-refractivity contribution in [2.45, 2.75) is 37.1 Å². The van der Waals surface area contributed by atoms with Gasteiger partial charge in [0.1, 0.15) is 16.6 Å². The molecule has 3 rings (SSSR count). The second-order valence-electron chi connectivity index (χ2n) is 5.49.